The summed E-state index contributed by atoms with van der Waals surface area (Å²) in [7, 11) is 1.74. The van der Waals surface area contributed by atoms with Gasteiger partial charge in [-0.1, -0.05) is 30.3 Å². The SMILES string of the molecule is Cc1c(NC(=O)C2CC2c2ccc(C(F)(F)F)cc2)c(=O)n(-c2ccccc2)n1C. The van der Waals surface area contributed by atoms with Crippen molar-refractivity contribution in [2.75, 3.05) is 5.32 Å². The van der Waals surface area contributed by atoms with Crippen LogP contribution in [-0.2, 0) is 18.0 Å². The van der Waals surface area contributed by atoms with Crippen LogP contribution in [0, 0.1) is 12.8 Å². The standard InChI is InChI=1S/C22H20F3N3O2/c1-13-19(21(30)28(27(13)2)16-6-4-3-5-7-16)26-20(29)18-12-17(18)14-8-10-15(11-9-14)22(23,24)25/h3-11,17-18H,12H2,1-2H3,(H,26,29). The first-order chi connectivity index (χ1) is 14.2. The number of benzene rings is 2. The zero-order chi connectivity index (χ0) is 21.6. The monoisotopic (exact) mass is 415 g/mol. The molecule has 8 heteroatoms. The van der Waals surface area contributed by atoms with E-state index in [0.717, 1.165) is 12.1 Å². The fourth-order valence-electron chi connectivity index (χ4n) is 3.70. The van der Waals surface area contributed by atoms with Crippen molar-refractivity contribution < 1.29 is 18.0 Å². The summed E-state index contributed by atoms with van der Waals surface area (Å²) in [4.78, 5) is 25.6. The minimum atomic E-state index is -4.39. The second-order valence-electron chi connectivity index (χ2n) is 7.49. The van der Waals surface area contributed by atoms with Crippen molar-refractivity contribution in [1.82, 2.24) is 9.36 Å². The fourth-order valence-corrected chi connectivity index (χ4v) is 3.70. The van der Waals surface area contributed by atoms with E-state index in [1.54, 1.807) is 30.8 Å². The average molecular weight is 415 g/mol. The number of amides is 1. The summed E-state index contributed by atoms with van der Waals surface area (Å²) in [6.45, 7) is 1.75. The normalized spacial score (nSPS) is 18.3. The van der Waals surface area contributed by atoms with Gasteiger partial charge in [-0.05, 0) is 49.1 Å². The highest BCUT2D eigenvalue weighted by Gasteiger charge is 2.44. The van der Waals surface area contributed by atoms with Gasteiger partial charge in [0, 0.05) is 13.0 Å². The van der Waals surface area contributed by atoms with Crippen LogP contribution in [0.25, 0.3) is 5.69 Å². The van der Waals surface area contributed by atoms with Crippen molar-refractivity contribution >= 4 is 11.6 Å². The highest BCUT2D eigenvalue weighted by molar-refractivity contribution is 5.95. The molecule has 4 rings (SSSR count). The van der Waals surface area contributed by atoms with E-state index < -0.39 is 11.7 Å². The number of hydrogen-bond donors (Lipinski definition) is 1. The smallest absolute Gasteiger partial charge is 0.320 e. The minimum absolute atomic E-state index is 0.146. The Morgan fingerprint density at radius 3 is 2.30 bits per heavy atom. The van der Waals surface area contributed by atoms with E-state index in [1.807, 2.05) is 18.2 Å². The summed E-state index contributed by atoms with van der Waals surface area (Å²) in [6.07, 6.45) is -3.85. The van der Waals surface area contributed by atoms with Crippen molar-refractivity contribution in [3.05, 3.63) is 81.8 Å². The van der Waals surface area contributed by atoms with Crippen LogP contribution in [0.1, 0.15) is 29.2 Å². The Hall–Kier alpha value is -3.29. The van der Waals surface area contributed by atoms with Crippen molar-refractivity contribution in [3.8, 4) is 5.69 Å². The van der Waals surface area contributed by atoms with Gasteiger partial charge < -0.3 is 5.32 Å². The third kappa shape index (κ3) is 3.53. The third-order valence-corrected chi connectivity index (χ3v) is 5.60. The summed E-state index contributed by atoms with van der Waals surface area (Å²) in [6, 6.07) is 14.0. The molecule has 0 radical (unpaired) electrons. The third-order valence-electron chi connectivity index (χ3n) is 5.60. The lowest BCUT2D eigenvalue weighted by molar-refractivity contribution is -0.137. The molecule has 1 amide bonds. The Morgan fingerprint density at radius 1 is 1.07 bits per heavy atom. The molecule has 0 saturated heterocycles. The summed E-state index contributed by atoms with van der Waals surface area (Å²) in [5.74, 6) is -0.815. The van der Waals surface area contributed by atoms with Gasteiger partial charge in [0.2, 0.25) is 5.91 Å². The highest BCUT2D eigenvalue weighted by atomic mass is 19.4. The topological polar surface area (TPSA) is 56.0 Å². The number of para-hydroxylation sites is 1. The number of aromatic nitrogens is 2. The second-order valence-corrected chi connectivity index (χ2v) is 7.49. The fraction of sp³-hybridized carbons (Fsp3) is 0.273. The Morgan fingerprint density at radius 2 is 1.70 bits per heavy atom. The van der Waals surface area contributed by atoms with E-state index in [4.69, 9.17) is 0 Å². The number of hydrogen-bond acceptors (Lipinski definition) is 2. The maximum absolute atomic E-state index is 12.9. The number of nitrogens with zero attached hydrogens (tertiary/aromatic N) is 2. The molecule has 30 heavy (non-hydrogen) atoms. The largest absolute Gasteiger partial charge is 0.416 e. The molecule has 5 nitrogen and oxygen atoms in total. The molecule has 0 spiro atoms. The predicted molar refractivity (Wildman–Crippen MR) is 107 cm³/mol. The second kappa shape index (κ2) is 7.19. The Balaban J connectivity index is 1.51. The van der Waals surface area contributed by atoms with Gasteiger partial charge in [0.1, 0.15) is 5.69 Å². The first kappa shape index (κ1) is 20.0. The first-order valence-corrected chi connectivity index (χ1v) is 9.50. The molecule has 0 bridgehead atoms. The Labute approximate surface area is 170 Å². The van der Waals surface area contributed by atoms with E-state index in [1.165, 1.54) is 16.8 Å². The summed E-state index contributed by atoms with van der Waals surface area (Å²) < 4.78 is 41.3. The number of alkyl halides is 3. The van der Waals surface area contributed by atoms with Gasteiger partial charge in [-0.25, -0.2) is 4.68 Å². The van der Waals surface area contributed by atoms with E-state index in [-0.39, 0.29) is 29.0 Å². The van der Waals surface area contributed by atoms with Gasteiger partial charge in [-0.3, -0.25) is 14.3 Å². The van der Waals surface area contributed by atoms with Gasteiger partial charge in [0.15, 0.2) is 0 Å². The van der Waals surface area contributed by atoms with Crippen LogP contribution < -0.4 is 10.9 Å². The first-order valence-electron chi connectivity index (χ1n) is 9.50. The van der Waals surface area contributed by atoms with E-state index >= 15 is 0 Å². The Bertz CT molecular complexity index is 1150. The minimum Gasteiger partial charge on any atom is -0.320 e. The summed E-state index contributed by atoms with van der Waals surface area (Å²) in [5.41, 5.74) is 1.15. The number of carbonyl (C=O) groups excluding carboxylic acids is 1. The van der Waals surface area contributed by atoms with Crippen molar-refractivity contribution in [2.24, 2.45) is 13.0 Å². The quantitative estimate of drug-likeness (QED) is 0.693. The molecule has 1 fully saturated rings. The van der Waals surface area contributed by atoms with E-state index in [2.05, 4.69) is 5.32 Å². The van der Waals surface area contributed by atoms with E-state index in [9.17, 15) is 22.8 Å². The van der Waals surface area contributed by atoms with E-state index in [0.29, 0.717) is 23.4 Å². The zero-order valence-corrected chi connectivity index (χ0v) is 16.4. The van der Waals surface area contributed by atoms with Crippen LogP contribution in [0.4, 0.5) is 18.9 Å². The van der Waals surface area contributed by atoms with Gasteiger partial charge in [0.05, 0.1) is 16.9 Å². The zero-order valence-electron chi connectivity index (χ0n) is 16.4. The molecule has 3 aromatic rings. The van der Waals surface area contributed by atoms with Gasteiger partial charge >= 0.3 is 6.18 Å². The molecule has 2 unspecified atom stereocenters. The Kier molecular flexibility index (Phi) is 4.80. The maximum atomic E-state index is 12.9. The molecule has 1 saturated carbocycles. The molecule has 1 aliphatic carbocycles. The summed E-state index contributed by atoms with van der Waals surface area (Å²) >= 11 is 0. The maximum Gasteiger partial charge on any atom is 0.416 e. The molecule has 156 valence electrons. The van der Waals surface area contributed by atoms with Gasteiger partial charge in [-0.2, -0.15) is 13.2 Å². The van der Waals surface area contributed by atoms with Crippen LogP contribution in [0.5, 0.6) is 0 Å². The summed E-state index contributed by atoms with van der Waals surface area (Å²) in [5, 5.41) is 2.73. The van der Waals surface area contributed by atoms with Crippen LogP contribution in [0.15, 0.2) is 59.4 Å². The lowest BCUT2D eigenvalue weighted by Crippen LogP contribution is -2.23. The van der Waals surface area contributed by atoms with Crippen LogP contribution >= 0.6 is 0 Å². The van der Waals surface area contributed by atoms with Crippen molar-refractivity contribution in [1.29, 1.82) is 0 Å². The molecule has 2 atom stereocenters. The highest BCUT2D eigenvalue weighted by Crippen LogP contribution is 2.48. The number of rotatable bonds is 4. The van der Waals surface area contributed by atoms with Crippen molar-refractivity contribution in [2.45, 2.75) is 25.4 Å². The molecule has 1 aromatic heterocycles. The van der Waals surface area contributed by atoms with Crippen molar-refractivity contribution in [3.63, 3.8) is 0 Å². The number of nitrogens with one attached hydrogen (secondary N) is 1. The predicted octanol–water partition coefficient (Wildman–Crippen LogP) is 4.25. The lowest BCUT2D eigenvalue weighted by Gasteiger charge is -2.08. The van der Waals surface area contributed by atoms with Gasteiger partial charge in [-0.15, -0.1) is 0 Å². The molecular weight excluding hydrogens is 395 g/mol. The molecule has 2 aromatic carbocycles. The molecule has 0 aliphatic heterocycles. The molecular formula is C22H20F3N3O2. The van der Waals surface area contributed by atoms with Gasteiger partial charge in [0.25, 0.3) is 5.56 Å². The number of anilines is 1. The van der Waals surface area contributed by atoms with Crippen LogP contribution in [0.3, 0.4) is 0 Å². The van der Waals surface area contributed by atoms with Crippen LogP contribution in [0.2, 0.25) is 0 Å². The number of halogens is 3. The van der Waals surface area contributed by atoms with Crippen LogP contribution in [-0.4, -0.2) is 15.3 Å². The average Bonchev–Trinajstić information content (AvgIpc) is 3.49. The molecule has 1 heterocycles. The molecule has 1 aliphatic rings. The lowest BCUT2D eigenvalue weighted by atomic mass is 10.1. The molecule has 1 N–H and O–H groups in total. The number of carbonyl (C=O) groups is 1.